The summed E-state index contributed by atoms with van der Waals surface area (Å²) in [6.07, 6.45) is -2.82. The molecule has 4 N–H and O–H groups in total. The Bertz CT molecular complexity index is 1340. The van der Waals surface area contributed by atoms with Gasteiger partial charge in [-0.1, -0.05) is 11.3 Å². The zero-order valence-corrected chi connectivity index (χ0v) is 22.4. The second-order valence-electron chi connectivity index (χ2n) is 8.70. The first-order valence-corrected chi connectivity index (χ1v) is 13.9. The number of nitrogens with two attached hydrogens (primary N) is 1. The molecule has 3 rings (SSSR count). The Morgan fingerprint density at radius 2 is 1.72 bits per heavy atom. The van der Waals surface area contributed by atoms with Crippen LogP contribution in [0.2, 0.25) is 0 Å². The summed E-state index contributed by atoms with van der Waals surface area (Å²) in [5.74, 6) is 0.316. The van der Waals surface area contributed by atoms with Crippen LogP contribution in [0.15, 0.2) is 42.5 Å². The van der Waals surface area contributed by atoms with Gasteiger partial charge in [-0.05, 0) is 68.7 Å². The predicted molar refractivity (Wildman–Crippen MR) is 136 cm³/mol. The van der Waals surface area contributed by atoms with Crippen molar-refractivity contribution in [1.82, 2.24) is 10.2 Å². The van der Waals surface area contributed by atoms with Crippen molar-refractivity contribution in [1.29, 1.82) is 5.26 Å². The summed E-state index contributed by atoms with van der Waals surface area (Å²) in [6, 6.07) is 12.3. The molecule has 0 saturated heterocycles. The van der Waals surface area contributed by atoms with Crippen LogP contribution in [-0.2, 0) is 20.8 Å². The van der Waals surface area contributed by atoms with Crippen molar-refractivity contribution in [2.24, 2.45) is 5.73 Å². The van der Waals surface area contributed by atoms with Crippen LogP contribution in [0.1, 0.15) is 42.3 Å². The molecule has 0 aliphatic carbocycles. The number of rotatable bonds is 13. The van der Waals surface area contributed by atoms with Crippen LogP contribution in [0.3, 0.4) is 0 Å². The van der Waals surface area contributed by atoms with E-state index in [0.717, 1.165) is 17.4 Å². The molecule has 15 heteroatoms. The number of unbranched alkanes of at least 4 members (excludes halogenated alkanes) is 2. The Balaban J connectivity index is 1.56. The monoisotopic (exact) mass is 586 g/mol. The molecule has 2 aromatic carbocycles. The molecule has 210 valence electrons. The number of hydrogen-bond acceptors (Lipinski definition) is 9. The van der Waals surface area contributed by atoms with Crippen LogP contribution in [0, 0.1) is 11.3 Å². The average molecular weight is 587 g/mol. The van der Waals surface area contributed by atoms with Gasteiger partial charge in [-0.25, -0.2) is 4.57 Å². The fraction of sp³-hybridized carbons (Fsp3) is 0.375. The number of phosphoric acid groups is 1. The lowest BCUT2D eigenvalue weighted by molar-refractivity contribution is -0.138. The third-order valence-corrected chi connectivity index (χ3v) is 6.99. The lowest BCUT2D eigenvalue weighted by atomic mass is 10.1. The quantitative estimate of drug-likeness (QED) is 0.183. The first-order valence-electron chi connectivity index (χ1n) is 11.6. The van der Waals surface area contributed by atoms with Gasteiger partial charge in [0, 0.05) is 5.56 Å². The molecule has 1 aromatic heterocycles. The third-order valence-electron chi connectivity index (χ3n) is 5.28. The SMILES string of the molecule is C[C@](N)(COP(=O)(O)O)c1nnc(-c2ccc(OCCCCCOc3ccc(C#N)cc3)c(C(F)(F)F)c2)s1. The van der Waals surface area contributed by atoms with Gasteiger partial charge >= 0.3 is 14.0 Å². The zero-order valence-electron chi connectivity index (χ0n) is 20.7. The molecular formula is C24H26F3N4O6PS. The van der Waals surface area contributed by atoms with Crippen molar-refractivity contribution in [3.8, 4) is 28.1 Å². The van der Waals surface area contributed by atoms with E-state index in [1.54, 1.807) is 24.3 Å². The molecular weight excluding hydrogens is 560 g/mol. The number of aromatic nitrogens is 2. The van der Waals surface area contributed by atoms with Gasteiger partial charge in [0.05, 0.1) is 42.6 Å². The van der Waals surface area contributed by atoms with E-state index < -0.39 is 31.7 Å². The molecule has 39 heavy (non-hydrogen) atoms. The fourth-order valence-electron chi connectivity index (χ4n) is 3.24. The number of nitriles is 1. The number of nitrogens with zero attached hydrogens (tertiary/aromatic N) is 3. The number of phosphoric ester groups is 1. The van der Waals surface area contributed by atoms with Gasteiger partial charge < -0.3 is 25.0 Å². The summed E-state index contributed by atoms with van der Waals surface area (Å²) in [7, 11) is -4.78. The Hall–Kier alpha value is -3.05. The van der Waals surface area contributed by atoms with Crippen molar-refractivity contribution in [2.45, 2.75) is 37.9 Å². The van der Waals surface area contributed by atoms with Gasteiger partial charge in [-0.3, -0.25) is 4.52 Å². The van der Waals surface area contributed by atoms with Gasteiger partial charge in [0.25, 0.3) is 0 Å². The highest BCUT2D eigenvalue weighted by atomic mass is 32.1. The van der Waals surface area contributed by atoms with Gasteiger partial charge in [0.15, 0.2) is 0 Å². The maximum absolute atomic E-state index is 13.8. The minimum atomic E-state index is -4.78. The van der Waals surface area contributed by atoms with E-state index in [1.807, 2.05) is 6.07 Å². The third kappa shape index (κ3) is 9.28. The van der Waals surface area contributed by atoms with Crippen LogP contribution in [-0.4, -0.2) is 39.8 Å². The Kier molecular flexibility index (Phi) is 10.1. The van der Waals surface area contributed by atoms with Gasteiger partial charge in [-0.15, -0.1) is 10.2 Å². The molecule has 0 unspecified atom stereocenters. The van der Waals surface area contributed by atoms with Crippen LogP contribution in [0.4, 0.5) is 13.2 Å². The summed E-state index contributed by atoms with van der Waals surface area (Å²) in [6.45, 7) is 1.33. The second-order valence-corrected chi connectivity index (χ2v) is 10.9. The van der Waals surface area contributed by atoms with E-state index in [2.05, 4.69) is 14.7 Å². The highest BCUT2D eigenvalue weighted by molar-refractivity contribution is 7.46. The van der Waals surface area contributed by atoms with Gasteiger partial charge in [0.2, 0.25) is 0 Å². The van der Waals surface area contributed by atoms with E-state index in [0.29, 0.717) is 37.2 Å². The van der Waals surface area contributed by atoms with E-state index in [1.165, 1.54) is 19.1 Å². The maximum atomic E-state index is 13.8. The Morgan fingerprint density at radius 3 is 2.33 bits per heavy atom. The molecule has 0 amide bonds. The first kappa shape index (κ1) is 30.5. The van der Waals surface area contributed by atoms with Crippen LogP contribution < -0.4 is 15.2 Å². The highest BCUT2D eigenvalue weighted by Crippen LogP contribution is 2.41. The number of ether oxygens (including phenoxy) is 2. The van der Waals surface area contributed by atoms with E-state index >= 15 is 0 Å². The topological polar surface area (TPSA) is 161 Å². The molecule has 0 aliphatic rings. The summed E-state index contributed by atoms with van der Waals surface area (Å²) >= 11 is 0.883. The minimum absolute atomic E-state index is 0.0767. The number of benzene rings is 2. The maximum Gasteiger partial charge on any atom is 0.469 e. The molecule has 0 fully saturated rings. The number of hydrogen-bond donors (Lipinski definition) is 3. The minimum Gasteiger partial charge on any atom is -0.494 e. The van der Waals surface area contributed by atoms with Crippen molar-refractivity contribution in [3.05, 3.63) is 58.6 Å². The van der Waals surface area contributed by atoms with Crippen LogP contribution in [0.25, 0.3) is 10.6 Å². The molecule has 0 spiro atoms. The van der Waals surface area contributed by atoms with E-state index in [-0.39, 0.29) is 27.9 Å². The molecule has 10 nitrogen and oxygen atoms in total. The molecule has 1 atom stereocenters. The first-order chi connectivity index (χ1) is 18.3. The van der Waals surface area contributed by atoms with E-state index in [4.69, 9.17) is 30.3 Å². The van der Waals surface area contributed by atoms with Crippen LogP contribution in [0.5, 0.6) is 11.5 Å². The lowest BCUT2D eigenvalue weighted by Gasteiger charge is -2.21. The summed E-state index contributed by atoms with van der Waals surface area (Å²) in [4.78, 5) is 17.8. The van der Waals surface area contributed by atoms with Crippen molar-refractivity contribution >= 4 is 19.2 Å². The summed E-state index contributed by atoms with van der Waals surface area (Å²) < 4.78 is 67.8. The van der Waals surface area contributed by atoms with Crippen molar-refractivity contribution < 1.29 is 41.5 Å². The highest BCUT2D eigenvalue weighted by Gasteiger charge is 2.35. The molecule has 0 radical (unpaired) electrons. The largest absolute Gasteiger partial charge is 0.494 e. The molecule has 1 heterocycles. The second kappa shape index (κ2) is 12.9. The predicted octanol–water partition coefficient (Wildman–Crippen LogP) is 5.01. The molecule has 3 aromatic rings. The molecule has 0 saturated carbocycles. The average Bonchev–Trinajstić information content (AvgIpc) is 3.38. The smallest absolute Gasteiger partial charge is 0.469 e. The van der Waals surface area contributed by atoms with Crippen molar-refractivity contribution in [2.75, 3.05) is 19.8 Å². The molecule has 0 aliphatic heterocycles. The summed E-state index contributed by atoms with van der Waals surface area (Å²) in [5.41, 5.74) is 4.28. The Morgan fingerprint density at radius 1 is 1.05 bits per heavy atom. The van der Waals surface area contributed by atoms with Gasteiger partial charge in [-0.2, -0.15) is 18.4 Å². The zero-order chi connectivity index (χ0) is 28.7. The number of alkyl halides is 3. The van der Waals surface area contributed by atoms with Crippen LogP contribution >= 0.6 is 19.2 Å². The lowest BCUT2D eigenvalue weighted by Crippen LogP contribution is -2.37. The van der Waals surface area contributed by atoms with Crippen molar-refractivity contribution in [3.63, 3.8) is 0 Å². The molecule has 0 bridgehead atoms. The Labute approximate surface area is 226 Å². The number of halogens is 3. The normalized spacial score (nSPS) is 13.5. The standard InChI is InChI=1S/C24H26F3N4O6PS/c1-23(29,15-37-38(32,33)34)22-31-30-21(39-22)17-7-10-20(19(13-17)24(25,26)27)36-12-4-2-3-11-35-18-8-5-16(14-28)6-9-18/h5-10,13H,2-4,11-12,15,29H2,1H3,(H2,32,33,34)/t23-/m0/s1. The van der Waals surface area contributed by atoms with Gasteiger partial charge in [0.1, 0.15) is 21.5 Å². The van der Waals surface area contributed by atoms with E-state index in [9.17, 15) is 17.7 Å². The summed E-state index contributed by atoms with van der Waals surface area (Å²) in [5, 5.41) is 16.8. The fourth-order valence-corrected chi connectivity index (χ4v) is 4.56.